The third kappa shape index (κ3) is 3.88. The third-order valence-corrected chi connectivity index (χ3v) is 4.38. The van der Waals surface area contributed by atoms with Gasteiger partial charge >= 0.3 is 0 Å². The van der Waals surface area contributed by atoms with Crippen molar-refractivity contribution in [2.45, 2.75) is 10.6 Å². The van der Waals surface area contributed by atoms with Crippen LogP contribution in [-0.2, 0) is 5.75 Å². The summed E-state index contributed by atoms with van der Waals surface area (Å²) in [4.78, 5) is 3.19. The second-order valence-electron chi connectivity index (χ2n) is 3.52. The zero-order valence-corrected chi connectivity index (χ0v) is 11.3. The molecule has 0 spiro atoms. The van der Waals surface area contributed by atoms with E-state index in [0.29, 0.717) is 6.54 Å². The topological polar surface area (TPSA) is 26.0 Å². The van der Waals surface area contributed by atoms with Crippen LogP contribution in [0.4, 0.5) is 4.39 Å². The molecule has 0 aliphatic heterocycles. The highest BCUT2D eigenvalue weighted by Gasteiger charge is 2.00. The molecule has 0 saturated heterocycles. The van der Waals surface area contributed by atoms with Gasteiger partial charge in [-0.2, -0.15) is 0 Å². The number of halogens is 1. The second kappa shape index (κ2) is 6.60. The second-order valence-corrected chi connectivity index (χ2v) is 5.73. The van der Waals surface area contributed by atoms with Crippen LogP contribution in [0, 0.1) is 17.7 Å². The van der Waals surface area contributed by atoms with Crippen LogP contribution in [0.25, 0.3) is 0 Å². The normalized spacial score (nSPS) is 9.89. The Kier molecular flexibility index (Phi) is 4.82. The van der Waals surface area contributed by atoms with Crippen molar-refractivity contribution in [1.29, 1.82) is 0 Å². The number of benzene rings is 1. The molecule has 2 aromatic rings. The first-order valence-electron chi connectivity index (χ1n) is 5.44. The van der Waals surface area contributed by atoms with Gasteiger partial charge in [-0.25, -0.2) is 4.39 Å². The molecule has 0 atom stereocenters. The van der Waals surface area contributed by atoms with Crippen molar-refractivity contribution in [3.05, 3.63) is 52.0 Å². The Morgan fingerprint density at radius 3 is 2.94 bits per heavy atom. The van der Waals surface area contributed by atoms with Gasteiger partial charge in [0.05, 0.1) is 11.4 Å². The lowest BCUT2D eigenvalue weighted by atomic mass is 10.4. The Morgan fingerprint density at radius 1 is 1.28 bits per heavy atom. The molecular weight excluding hydrogens is 265 g/mol. The maximum Gasteiger partial charge on any atom is 0.124 e. The first kappa shape index (κ1) is 13.2. The average molecular weight is 277 g/mol. The highest BCUT2D eigenvalue weighted by atomic mass is 32.2. The zero-order valence-electron chi connectivity index (χ0n) is 9.65. The largest absolute Gasteiger partial charge is 0.320 e. The fraction of sp³-hybridized carbons (Fsp3) is 0.143. The molecule has 2 N–H and O–H groups in total. The summed E-state index contributed by atoms with van der Waals surface area (Å²) in [5.41, 5.74) is 5.32. The molecule has 1 heterocycles. The lowest BCUT2D eigenvalue weighted by molar-refractivity contribution is 0.624. The number of nitrogens with two attached hydrogens (primary N) is 1. The molecular formula is C14H12FNS2. The van der Waals surface area contributed by atoms with Gasteiger partial charge in [0, 0.05) is 15.5 Å². The van der Waals surface area contributed by atoms with Crippen LogP contribution in [0.5, 0.6) is 0 Å². The van der Waals surface area contributed by atoms with Crippen molar-refractivity contribution in [1.82, 2.24) is 0 Å². The molecule has 0 bridgehead atoms. The van der Waals surface area contributed by atoms with E-state index in [0.717, 1.165) is 15.5 Å². The van der Waals surface area contributed by atoms with E-state index < -0.39 is 0 Å². The van der Waals surface area contributed by atoms with E-state index in [-0.39, 0.29) is 5.82 Å². The average Bonchev–Trinajstić information content (AvgIpc) is 2.82. The van der Waals surface area contributed by atoms with Gasteiger partial charge in [0.25, 0.3) is 0 Å². The monoisotopic (exact) mass is 277 g/mol. The molecule has 0 saturated carbocycles. The maximum atomic E-state index is 13.0. The summed E-state index contributed by atoms with van der Waals surface area (Å²) in [6.07, 6.45) is 0. The highest BCUT2D eigenvalue weighted by Crippen LogP contribution is 2.26. The Hall–Kier alpha value is -1.28. The van der Waals surface area contributed by atoms with Gasteiger partial charge in [0.2, 0.25) is 0 Å². The van der Waals surface area contributed by atoms with E-state index in [9.17, 15) is 4.39 Å². The van der Waals surface area contributed by atoms with Crippen molar-refractivity contribution < 1.29 is 4.39 Å². The van der Waals surface area contributed by atoms with Crippen LogP contribution >= 0.6 is 23.1 Å². The van der Waals surface area contributed by atoms with Crippen LogP contribution in [0.1, 0.15) is 9.75 Å². The molecule has 2 rings (SSSR count). The van der Waals surface area contributed by atoms with Gasteiger partial charge in [0.1, 0.15) is 5.82 Å². The zero-order chi connectivity index (χ0) is 12.8. The van der Waals surface area contributed by atoms with E-state index in [1.54, 1.807) is 35.2 Å². The molecule has 0 radical (unpaired) electrons. The van der Waals surface area contributed by atoms with E-state index in [4.69, 9.17) is 5.73 Å². The lowest BCUT2D eigenvalue weighted by Gasteiger charge is -1.99. The van der Waals surface area contributed by atoms with Gasteiger partial charge < -0.3 is 5.73 Å². The quantitative estimate of drug-likeness (QED) is 0.686. The first-order valence-corrected chi connectivity index (χ1v) is 7.24. The predicted octanol–water partition coefficient (Wildman–Crippen LogP) is 3.49. The fourth-order valence-electron chi connectivity index (χ4n) is 1.37. The number of hydrogen-bond donors (Lipinski definition) is 1. The Bertz CT molecular complexity index is 581. The molecule has 0 aliphatic rings. The minimum absolute atomic E-state index is 0.194. The summed E-state index contributed by atoms with van der Waals surface area (Å²) in [6.45, 7) is 0.380. The van der Waals surface area contributed by atoms with Gasteiger partial charge in [-0.05, 0) is 30.3 Å². The molecule has 1 aromatic carbocycles. The van der Waals surface area contributed by atoms with Crippen molar-refractivity contribution in [2.24, 2.45) is 5.73 Å². The molecule has 0 fully saturated rings. The fourth-order valence-corrected chi connectivity index (χ4v) is 3.24. The van der Waals surface area contributed by atoms with Crippen LogP contribution < -0.4 is 5.73 Å². The smallest absolute Gasteiger partial charge is 0.124 e. The van der Waals surface area contributed by atoms with E-state index in [2.05, 4.69) is 17.9 Å². The van der Waals surface area contributed by atoms with E-state index >= 15 is 0 Å². The SMILES string of the molecule is NCC#Cc1ccc(CSc2cccc(F)c2)s1. The molecule has 0 aliphatic carbocycles. The summed E-state index contributed by atoms with van der Waals surface area (Å²) in [5.74, 6) is 6.48. The molecule has 18 heavy (non-hydrogen) atoms. The first-order chi connectivity index (χ1) is 8.78. The number of rotatable bonds is 3. The summed E-state index contributed by atoms with van der Waals surface area (Å²) >= 11 is 3.27. The number of hydrogen-bond acceptors (Lipinski definition) is 3. The van der Waals surface area contributed by atoms with E-state index in [1.807, 2.05) is 12.1 Å². The van der Waals surface area contributed by atoms with Gasteiger partial charge in [0.15, 0.2) is 0 Å². The maximum absolute atomic E-state index is 13.0. The van der Waals surface area contributed by atoms with Crippen LogP contribution in [-0.4, -0.2) is 6.54 Å². The van der Waals surface area contributed by atoms with Gasteiger partial charge in [-0.1, -0.05) is 17.9 Å². The van der Waals surface area contributed by atoms with Gasteiger partial charge in [-0.3, -0.25) is 0 Å². The summed E-state index contributed by atoms with van der Waals surface area (Å²) in [5, 5.41) is 0. The predicted molar refractivity (Wildman–Crippen MR) is 76.2 cm³/mol. The standard InChI is InChI=1S/C14H12FNS2/c15-11-3-1-4-13(9-11)17-10-14-7-6-12(18-14)5-2-8-16/h1,3-4,6-7,9H,8,10,16H2. The summed E-state index contributed by atoms with van der Waals surface area (Å²) in [6, 6.07) is 10.7. The van der Waals surface area contributed by atoms with Crippen LogP contribution in [0.2, 0.25) is 0 Å². The minimum atomic E-state index is -0.194. The minimum Gasteiger partial charge on any atom is -0.320 e. The highest BCUT2D eigenvalue weighted by molar-refractivity contribution is 7.98. The Labute approximate surface area is 114 Å². The van der Waals surface area contributed by atoms with Crippen molar-refractivity contribution >= 4 is 23.1 Å². The van der Waals surface area contributed by atoms with Crippen molar-refractivity contribution in [3.8, 4) is 11.8 Å². The van der Waals surface area contributed by atoms with Crippen molar-refractivity contribution in [3.63, 3.8) is 0 Å². The number of thioether (sulfide) groups is 1. The molecule has 0 amide bonds. The molecule has 1 aromatic heterocycles. The molecule has 4 heteroatoms. The lowest BCUT2D eigenvalue weighted by Crippen LogP contribution is -1.92. The van der Waals surface area contributed by atoms with Gasteiger partial charge in [-0.15, -0.1) is 23.1 Å². The summed E-state index contributed by atoms with van der Waals surface area (Å²) < 4.78 is 13.0. The van der Waals surface area contributed by atoms with Crippen molar-refractivity contribution in [2.75, 3.05) is 6.54 Å². The van der Waals surface area contributed by atoms with Crippen LogP contribution in [0.15, 0.2) is 41.3 Å². The Morgan fingerprint density at radius 2 is 2.17 bits per heavy atom. The molecule has 1 nitrogen and oxygen atoms in total. The third-order valence-electron chi connectivity index (χ3n) is 2.15. The Balaban J connectivity index is 1.96. The summed E-state index contributed by atoms with van der Waals surface area (Å²) in [7, 11) is 0. The van der Waals surface area contributed by atoms with Crippen LogP contribution in [0.3, 0.4) is 0 Å². The number of thiophene rings is 1. The molecule has 0 unspecified atom stereocenters. The molecule has 92 valence electrons. The van der Waals surface area contributed by atoms with E-state index in [1.165, 1.54) is 10.9 Å².